The fourth-order valence-electron chi connectivity index (χ4n) is 4.61. The third kappa shape index (κ3) is 13.3. The van der Waals surface area contributed by atoms with Crippen molar-refractivity contribution in [3.05, 3.63) is 18.2 Å². The van der Waals surface area contributed by atoms with Gasteiger partial charge in [-0.2, -0.15) is 16.8 Å². The minimum atomic E-state index is -4.37. The van der Waals surface area contributed by atoms with Gasteiger partial charge >= 0.3 is 0 Å². The molecule has 2 N–H and O–H groups in total. The second-order valence-electron chi connectivity index (χ2n) is 10.1. The molecule has 0 amide bonds. The second-order valence-corrected chi connectivity index (χ2v) is 14.2. The maximum absolute atomic E-state index is 11.6. The lowest BCUT2D eigenvalue weighted by Crippen LogP contribution is -2.09. The molecule has 0 radical (unpaired) electrons. The second kappa shape index (κ2) is 17.5. The lowest BCUT2D eigenvalue weighted by Gasteiger charge is -2.09. The molecule has 2 aromatic rings. The van der Waals surface area contributed by atoms with Crippen molar-refractivity contribution in [1.82, 2.24) is 9.55 Å². The van der Waals surface area contributed by atoms with Crippen molar-refractivity contribution in [2.45, 2.75) is 126 Å². The molecule has 0 atom stereocenters. The fraction of sp³-hybridized carbons (Fsp3) is 0.741. The number of imidazole rings is 1. The molecule has 1 aromatic heterocycles. The lowest BCUT2D eigenvalue weighted by atomic mass is 10.0. The Morgan fingerprint density at radius 1 is 0.763 bits per heavy atom. The Morgan fingerprint density at radius 3 is 1.79 bits per heavy atom. The molecule has 11 heteroatoms. The number of aromatic nitrogens is 2. The van der Waals surface area contributed by atoms with Gasteiger partial charge in [0.2, 0.25) is 0 Å². The van der Waals surface area contributed by atoms with Crippen LogP contribution in [0, 0.1) is 0 Å². The van der Waals surface area contributed by atoms with Crippen LogP contribution in [0.5, 0.6) is 0 Å². The normalized spacial score (nSPS) is 12.5. The largest absolute Gasteiger partial charge is 0.319 e. The number of aryl methyl sites for hydroxylation is 1. The Balaban J connectivity index is 1.71. The van der Waals surface area contributed by atoms with Crippen molar-refractivity contribution in [3.63, 3.8) is 0 Å². The van der Waals surface area contributed by atoms with Crippen LogP contribution >= 0.6 is 11.8 Å². The molecule has 1 heterocycles. The van der Waals surface area contributed by atoms with E-state index >= 15 is 0 Å². The Hall–Kier alpha value is -1.14. The first-order valence-corrected chi connectivity index (χ1v) is 18.2. The third-order valence-corrected chi connectivity index (χ3v) is 9.46. The Kier molecular flexibility index (Phi) is 15.3. The van der Waals surface area contributed by atoms with E-state index in [2.05, 4.69) is 11.9 Å². The fourth-order valence-corrected chi connectivity index (χ4v) is 6.64. The summed E-state index contributed by atoms with van der Waals surface area (Å²) in [5.41, 5.74) is 1.08. The molecule has 0 aliphatic carbocycles. The summed E-state index contributed by atoms with van der Waals surface area (Å²) >= 11 is 1.56. The van der Waals surface area contributed by atoms with Crippen LogP contribution in [0.3, 0.4) is 0 Å². The SMILES string of the molecule is CCCCCCCCCCCCCCCCCSc1nc2ccc(S(=O)(=O)O)cc2n1CCCS(=O)(=O)O. The van der Waals surface area contributed by atoms with E-state index in [0.29, 0.717) is 16.2 Å². The van der Waals surface area contributed by atoms with Crippen molar-refractivity contribution in [2.24, 2.45) is 0 Å². The zero-order valence-electron chi connectivity index (χ0n) is 22.8. The number of hydrogen-bond donors (Lipinski definition) is 2. The number of hydrogen-bond acceptors (Lipinski definition) is 6. The zero-order valence-corrected chi connectivity index (χ0v) is 25.3. The van der Waals surface area contributed by atoms with E-state index in [1.807, 2.05) is 0 Å². The number of rotatable bonds is 22. The van der Waals surface area contributed by atoms with Crippen LogP contribution in [0.2, 0.25) is 0 Å². The quantitative estimate of drug-likeness (QED) is 0.0819. The van der Waals surface area contributed by atoms with Gasteiger partial charge in [-0.05, 0) is 31.0 Å². The van der Waals surface area contributed by atoms with Gasteiger partial charge in [0, 0.05) is 12.3 Å². The average Bonchev–Trinajstić information content (AvgIpc) is 3.19. The molecular weight excluding hydrogens is 545 g/mol. The molecule has 38 heavy (non-hydrogen) atoms. The molecule has 0 unspecified atom stereocenters. The molecule has 0 saturated carbocycles. The molecule has 218 valence electrons. The summed E-state index contributed by atoms with van der Waals surface area (Å²) in [5.74, 6) is 0.457. The molecule has 2 rings (SSSR count). The van der Waals surface area contributed by atoms with Crippen LogP contribution in [0.15, 0.2) is 28.3 Å². The van der Waals surface area contributed by atoms with Crippen LogP contribution in [-0.2, 0) is 26.8 Å². The van der Waals surface area contributed by atoms with Crippen molar-refractivity contribution in [1.29, 1.82) is 0 Å². The van der Waals surface area contributed by atoms with Gasteiger partial charge in [-0.15, -0.1) is 0 Å². The van der Waals surface area contributed by atoms with Crippen LogP contribution in [-0.4, -0.2) is 47.0 Å². The van der Waals surface area contributed by atoms with Crippen molar-refractivity contribution >= 4 is 43.0 Å². The number of fused-ring (bicyclic) bond motifs is 1. The highest BCUT2D eigenvalue weighted by molar-refractivity contribution is 7.99. The monoisotopic (exact) mass is 590 g/mol. The van der Waals surface area contributed by atoms with E-state index in [0.717, 1.165) is 18.6 Å². The van der Waals surface area contributed by atoms with Gasteiger partial charge < -0.3 is 4.57 Å². The van der Waals surface area contributed by atoms with Gasteiger partial charge in [0.05, 0.1) is 21.7 Å². The molecule has 0 saturated heterocycles. The van der Waals surface area contributed by atoms with Crippen LogP contribution in [0.4, 0.5) is 0 Å². The number of nitrogens with zero attached hydrogens (tertiary/aromatic N) is 2. The minimum Gasteiger partial charge on any atom is -0.319 e. The molecule has 1 aromatic carbocycles. The first kappa shape index (κ1) is 33.1. The van der Waals surface area contributed by atoms with E-state index in [1.165, 1.54) is 102 Å². The predicted molar refractivity (Wildman–Crippen MR) is 156 cm³/mol. The molecule has 0 bridgehead atoms. The highest BCUT2D eigenvalue weighted by Gasteiger charge is 2.17. The van der Waals surface area contributed by atoms with E-state index in [1.54, 1.807) is 16.3 Å². The summed E-state index contributed by atoms with van der Waals surface area (Å²) in [6.45, 7) is 2.51. The lowest BCUT2D eigenvalue weighted by molar-refractivity contribution is 0.477. The maximum Gasteiger partial charge on any atom is 0.294 e. The third-order valence-electron chi connectivity index (χ3n) is 6.75. The minimum absolute atomic E-state index is 0.160. The smallest absolute Gasteiger partial charge is 0.294 e. The maximum atomic E-state index is 11.6. The van der Waals surface area contributed by atoms with Gasteiger partial charge in [-0.3, -0.25) is 9.11 Å². The summed E-state index contributed by atoms with van der Waals surface area (Å²) in [4.78, 5) is 4.36. The van der Waals surface area contributed by atoms with E-state index in [-0.39, 0.29) is 17.9 Å². The van der Waals surface area contributed by atoms with Crippen LogP contribution in [0.1, 0.15) is 110 Å². The highest BCUT2D eigenvalue weighted by atomic mass is 32.2. The first-order valence-electron chi connectivity index (χ1n) is 14.2. The molecule has 8 nitrogen and oxygen atoms in total. The van der Waals surface area contributed by atoms with E-state index in [4.69, 9.17) is 4.55 Å². The van der Waals surface area contributed by atoms with Crippen LogP contribution in [0.25, 0.3) is 11.0 Å². The number of benzene rings is 1. The van der Waals surface area contributed by atoms with Gasteiger partial charge in [0.15, 0.2) is 5.16 Å². The Bertz CT molecular complexity index is 1160. The molecule has 0 aliphatic rings. The topological polar surface area (TPSA) is 127 Å². The van der Waals surface area contributed by atoms with Crippen molar-refractivity contribution < 1.29 is 25.9 Å². The molecule has 0 spiro atoms. The molecule has 0 aliphatic heterocycles. The predicted octanol–water partition coefficient (Wildman–Crippen LogP) is 7.52. The summed E-state index contributed by atoms with van der Waals surface area (Å²) in [6.07, 6.45) is 19.8. The van der Waals surface area contributed by atoms with Crippen molar-refractivity contribution in [2.75, 3.05) is 11.5 Å². The van der Waals surface area contributed by atoms with Crippen LogP contribution < -0.4 is 0 Å². The summed E-state index contributed by atoms with van der Waals surface area (Å²) in [5, 5.41) is 0.674. The Labute approximate surface area is 233 Å². The first-order chi connectivity index (χ1) is 18.1. The number of unbranched alkanes of at least 4 members (excludes halogenated alkanes) is 14. The zero-order chi connectivity index (χ0) is 27.9. The Morgan fingerprint density at radius 2 is 1.29 bits per heavy atom. The van der Waals surface area contributed by atoms with Crippen molar-refractivity contribution in [3.8, 4) is 0 Å². The molecule has 0 fully saturated rings. The summed E-state index contributed by atoms with van der Waals surface area (Å²) < 4.78 is 65.7. The van der Waals surface area contributed by atoms with Gasteiger partial charge in [-0.25, -0.2) is 4.98 Å². The summed E-state index contributed by atoms with van der Waals surface area (Å²) in [7, 11) is -8.47. The standard InChI is InChI=1S/C27H46N2O6S3/c1-2-3-4-5-6-7-8-9-10-11-12-13-14-15-16-21-36-27-28-25-19-18-24(38(33,34)35)23-26(25)29(27)20-17-22-37(30,31)32/h18-19,23H,2-17,20-22H2,1H3,(H,30,31,32)(H,33,34,35). The highest BCUT2D eigenvalue weighted by Crippen LogP contribution is 2.27. The average molecular weight is 591 g/mol. The summed E-state index contributed by atoms with van der Waals surface area (Å²) in [6, 6.07) is 4.19. The van der Waals surface area contributed by atoms with E-state index < -0.39 is 26.0 Å². The van der Waals surface area contributed by atoms with Gasteiger partial charge in [0.25, 0.3) is 20.2 Å². The number of thioether (sulfide) groups is 1. The molecular formula is C27H46N2O6S3. The van der Waals surface area contributed by atoms with Gasteiger partial charge in [0.1, 0.15) is 0 Å². The van der Waals surface area contributed by atoms with Gasteiger partial charge in [-0.1, -0.05) is 109 Å². The van der Waals surface area contributed by atoms with E-state index in [9.17, 15) is 21.4 Å².